The summed E-state index contributed by atoms with van der Waals surface area (Å²) in [4.78, 5) is 18.4. The molecule has 0 saturated heterocycles. The number of aromatic nitrogens is 2. The van der Waals surface area contributed by atoms with Gasteiger partial charge in [0.1, 0.15) is 0 Å². The van der Waals surface area contributed by atoms with Crippen molar-refractivity contribution in [3.8, 4) is 5.69 Å². The summed E-state index contributed by atoms with van der Waals surface area (Å²) in [6.07, 6.45) is 0.968. The quantitative estimate of drug-likeness (QED) is 0.236. The number of nitrogens with zero attached hydrogens (tertiary/aromatic N) is 2. The first-order chi connectivity index (χ1) is 15.7. The van der Waals surface area contributed by atoms with Gasteiger partial charge < -0.3 is 0 Å². The van der Waals surface area contributed by atoms with Crippen molar-refractivity contribution in [3.63, 3.8) is 0 Å². The van der Waals surface area contributed by atoms with Crippen molar-refractivity contribution in [1.82, 2.24) is 9.55 Å². The van der Waals surface area contributed by atoms with Crippen molar-refractivity contribution in [2.75, 3.05) is 0 Å². The van der Waals surface area contributed by atoms with Crippen molar-refractivity contribution in [1.29, 1.82) is 0 Å². The average Bonchev–Trinajstić information content (AvgIpc) is 2.78. The second kappa shape index (κ2) is 9.18. The Hall–Kier alpha value is -2.85. The molecule has 4 aromatic rings. The lowest BCUT2D eigenvalue weighted by molar-refractivity contribution is 0.589. The molecule has 0 amide bonds. The van der Waals surface area contributed by atoms with Crippen LogP contribution in [0.15, 0.2) is 70.6 Å². The summed E-state index contributed by atoms with van der Waals surface area (Å²) in [5, 5.41) is 1.37. The first-order valence-corrected chi connectivity index (χ1v) is 12.5. The highest BCUT2D eigenvalue weighted by atomic mass is 32.2. The van der Waals surface area contributed by atoms with Gasteiger partial charge in [-0.15, -0.1) is 0 Å². The van der Waals surface area contributed by atoms with Crippen LogP contribution in [0.1, 0.15) is 55.5 Å². The standard InChI is InChI=1S/C29H32N2OS/c1-7-21-12-14-23(15-13-21)31-27(32)24-10-8-9-11-26(24)30-28(31)33-18-25-19(2)16-22(17-20(25)3)29(4,5)6/h8-17H,7,18H2,1-6H3. The molecule has 0 atom stereocenters. The van der Waals surface area contributed by atoms with E-state index in [-0.39, 0.29) is 11.0 Å². The van der Waals surface area contributed by atoms with E-state index in [1.165, 1.54) is 27.8 Å². The number of benzene rings is 3. The molecule has 0 aliphatic carbocycles. The maximum atomic E-state index is 13.5. The third kappa shape index (κ3) is 4.77. The second-order valence-corrected chi connectivity index (χ2v) is 10.6. The molecule has 170 valence electrons. The molecule has 0 bridgehead atoms. The maximum Gasteiger partial charge on any atom is 0.266 e. The summed E-state index contributed by atoms with van der Waals surface area (Å²) in [7, 11) is 0. The van der Waals surface area contributed by atoms with Crippen LogP contribution in [0, 0.1) is 13.8 Å². The van der Waals surface area contributed by atoms with E-state index in [4.69, 9.17) is 4.98 Å². The largest absolute Gasteiger partial charge is 0.268 e. The molecule has 3 nitrogen and oxygen atoms in total. The van der Waals surface area contributed by atoms with Crippen molar-refractivity contribution in [2.45, 2.75) is 64.3 Å². The normalized spacial score (nSPS) is 11.8. The SMILES string of the molecule is CCc1ccc(-n2c(SCc3c(C)cc(C(C)(C)C)cc3C)nc3ccccc3c2=O)cc1. The van der Waals surface area contributed by atoms with Crippen LogP contribution in [-0.4, -0.2) is 9.55 Å². The Morgan fingerprint density at radius 3 is 2.18 bits per heavy atom. The number of fused-ring (bicyclic) bond motifs is 1. The van der Waals surface area contributed by atoms with Gasteiger partial charge in [-0.1, -0.05) is 75.9 Å². The van der Waals surface area contributed by atoms with Gasteiger partial charge in [-0.05, 0) is 77.8 Å². The Morgan fingerprint density at radius 1 is 0.939 bits per heavy atom. The summed E-state index contributed by atoms with van der Waals surface area (Å²) in [6, 6.07) is 20.4. The molecule has 0 aliphatic rings. The molecule has 33 heavy (non-hydrogen) atoms. The monoisotopic (exact) mass is 456 g/mol. The Balaban J connectivity index is 1.78. The summed E-state index contributed by atoms with van der Waals surface area (Å²) in [5.74, 6) is 0.764. The summed E-state index contributed by atoms with van der Waals surface area (Å²) >= 11 is 1.63. The van der Waals surface area contributed by atoms with E-state index in [0.29, 0.717) is 5.39 Å². The van der Waals surface area contributed by atoms with E-state index in [2.05, 4.69) is 65.8 Å². The number of rotatable bonds is 5. The molecule has 1 aromatic heterocycles. The predicted molar refractivity (Wildman–Crippen MR) is 141 cm³/mol. The molecule has 3 aromatic carbocycles. The lowest BCUT2D eigenvalue weighted by Gasteiger charge is -2.22. The number of hydrogen-bond donors (Lipinski definition) is 0. The zero-order chi connectivity index (χ0) is 23.8. The Labute approximate surface area is 200 Å². The average molecular weight is 457 g/mol. The fourth-order valence-corrected chi connectivity index (χ4v) is 5.32. The zero-order valence-corrected chi connectivity index (χ0v) is 21.2. The highest BCUT2D eigenvalue weighted by Crippen LogP contribution is 2.31. The lowest BCUT2D eigenvalue weighted by Crippen LogP contribution is -2.21. The third-order valence-electron chi connectivity index (χ3n) is 6.26. The highest BCUT2D eigenvalue weighted by molar-refractivity contribution is 7.98. The van der Waals surface area contributed by atoms with Gasteiger partial charge in [0, 0.05) is 5.75 Å². The van der Waals surface area contributed by atoms with Gasteiger partial charge >= 0.3 is 0 Å². The van der Waals surface area contributed by atoms with Crippen molar-refractivity contribution in [2.24, 2.45) is 0 Å². The van der Waals surface area contributed by atoms with Crippen molar-refractivity contribution >= 4 is 22.7 Å². The van der Waals surface area contributed by atoms with Crippen LogP contribution < -0.4 is 5.56 Å². The molecule has 1 heterocycles. The second-order valence-electron chi connectivity index (χ2n) is 9.70. The van der Waals surface area contributed by atoms with E-state index >= 15 is 0 Å². The molecule has 0 fully saturated rings. The van der Waals surface area contributed by atoms with Crippen LogP contribution in [0.3, 0.4) is 0 Å². The summed E-state index contributed by atoms with van der Waals surface area (Å²) in [6.45, 7) is 13.2. The Bertz CT molecular complexity index is 1340. The molecule has 0 spiro atoms. The van der Waals surface area contributed by atoms with Crippen LogP contribution in [0.5, 0.6) is 0 Å². The number of aryl methyl sites for hydroxylation is 3. The Morgan fingerprint density at radius 2 is 1.58 bits per heavy atom. The van der Waals surface area contributed by atoms with Crippen LogP contribution >= 0.6 is 11.8 Å². The number of para-hydroxylation sites is 1. The van der Waals surface area contributed by atoms with Crippen LogP contribution in [0.2, 0.25) is 0 Å². The molecule has 0 aliphatic heterocycles. The number of thioether (sulfide) groups is 1. The Kier molecular flexibility index (Phi) is 6.49. The fourth-order valence-electron chi connectivity index (χ4n) is 4.11. The smallest absolute Gasteiger partial charge is 0.266 e. The van der Waals surface area contributed by atoms with E-state index < -0.39 is 0 Å². The van der Waals surface area contributed by atoms with E-state index in [1.807, 2.05) is 36.4 Å². The van der Waals surface area contributed by atoms with Gasteiger partial charge in [0.05, 0.1) is 16.6 Å². The molecule has 4 heteroatoms. The minimum atomic E-state index is -0.0242. The van der Waals surface area contributed by atoms with Gasteiger partial charge in [0.15, 0.2) is 5.16 Å². The van der Waals surface area contributed by atoms with Gasteiger partial charge in [-0.3, -0.25) is 9.36 Å². The molecule has 0 unspecified atom stereocenters. The van der Waals surface area contributed by atoms with Crippen LogP contribution in [0.4, 0.5) is 0 Å². The van der Waals surface area contributed by atoms with E-state index in [9.17, 15) is 4.79 Å². The van der Waals surface area contributed by atoms with Gasteiger partial charge in [-0.2, -0.15) is 0 Å². The van der Waals surface area contributed by atoms with Gasteiger partial charge in [-0.25, -0.2) is 4.98 Å². The molecular formula is C29H32N2OS. The first kappa shape index (κ1) is 23.3. The fraction of sp³-hybridized carbons (Fsp3) is 0.310. The highest BCUT2D eigenvalue weighted by Gasteiger charge is 2.18. The molecule has 0 saturated carbocycles. The first-order valence-electron chi connectivity index (χ1n) is 11.5. The molecular weight excluding hydrogens is 424 g/mol. The molecule has 0 N–H and O–H groups in total. The lowest BCUT2D eigenvalue weighted by atomic mass is 9.84. The molecule has 4 rings (SSSR count). The van der Waals surface area contributed by atoms with Gasteiger partial charge in [0.25, 0.3) is 5.56 Å². The summed E-state index contributed by atoms with van der Waals surface area (Å²) in [5.41, 5.74) is 8.17. The van der Waals surface area contributed by atoms with E-state index in [1.54, 1.807) is 16.3 Å². The summed E-state index contributed by atoms with van der Waals surface area (Å²) < 4.78 is 1.76. The van der Waals surface area contributed by atoms with E-state index in [0.717, 1.165) is 28.5 Å². The minimum absolute atomic E-state index is 0.0242. The molecule has 0 radical (unpaired) electrons. The predicted octanol–water partition coefficient (Wildman–Crippen LogP) is 7.15. The minimum Gasteiger partial charge on any atom is -0.268 e. The third-order valence-corrected chi connectivity index (χ3v) is 7.22. The van der Waals surface area contributed by atoms with Crippen molar-refractivity contribution < 1.29 is 0 Å². The topological polar surface area (TPSA) is 34.9 Å². The van der Waals surface area contributed by atoms with Crippen LogP contribution in [0.25, 0.3) is 16.6 Å². The number of hydrogen-bond acceptors (Lipinski definition) is 3. The van der Waals surface area contributed by atoms with Gasteiger partial charge in [0.2, 0.25) is 0 Å². The zero-order valence-electron chi connectivity index (χ0n) is 20.4. The maximum absolute atomic E-state index is 13.5. The van der Waals surface area contributed by atoms with Crippen molar-refractivity contribution in [3.05, 3.63) is 98.8 Å². The van der Waals surface area contributed by atoms with Crippen LogP contribution in [-0.2, 0) is 17.6 Å².